The van der Waals surface area contributed by atoms with E-state index >= 15 is 0 Å². The van der Waals surface area contributed by atoms with Crippen LogP contribution in [0.3, 0.4) is 0 Å². The number of carbonyl (C=O) groups is 1. The number of hydrogen-bond acceptors (Lipinski definition) is 3. The predicted octanol–water partition coefficient (Wildman–Crippen LogP) is 4.59. The highest BCUT2D eigenvalue weighted by Crippen LogP contribution is 2.43. The van der Waals surface area contributed by atoms with Crippen molar-refractivity contribution in [1.82, 2.24) is 4.90 Å². The molecular formula is C19H19Cl2NO3. The molecule has 1 heterocycles. The Labute approximate surface area is 156 Å². The van der Waals surface area contributed by atoms with Gasteiger partial charge < -0.3 is 14.7 Å². The Hall–Kier alpha value is -1.91. The van der Waals surface area contributed by atoms with E-state index in [1.165, 1.54) is 0 Å². The van der Waals surface area contributed by atoms with Crippen LogP contribution in [0, 0.1) is 0 Å². The van der Waals surface area contributed by atoms with Crippen molar-refractivity contribution in [1.29, 1.82) is 0 Å². The van der Waals surface area contributed by atoms with Crippen LogP contribution in [0.4, 0.5) is 0 Å². The zero-order chi connectivity index (χ0) is 18.1. The normalized spacial score (nSPS) is 16.5. The Kier molecular flexibility index (Phi) is 5.11. The van der Waals surface area contributed by atoms with Crippen LogP contribution in [0.2, 0.25) is 10.0 Å². The summed E-state index contributed by atoms with van der Waals surface area (Å²) in [4.78, 5) is 14.0. The second kappa shape index (κ2) is 7.14. The summed E-state index contributed by atoms with van der Waals surface area (Å²) in [7, 11) is 0. The fourth-order valence-corrected chi connectivity index (χ4v) is 3.93. The summed E-state index contributed by atoms with van der Waals surface area (Å²) < 4.78 is 5.48. The monoisotopic (exact) mass is 379 g/mol. The van der Waals surface area contributed by atoms with Crippen molar-refractivity contribution in [3.05, 3.63) is 57.1 Å². The van der Waals surface area contributed by atoms with Gasteiger partial charge in [0.25, 0.3) is 0 Å². The van der Waals surface area contributed by atoms with Gasteiger partial charge in [-0.25, -0.2) is 0 Å². The number of hydrogen-bond donors (Lipinski definition) is 1. The SMILES string of the molecule is CCOc1ccc2c(c1O)CCN(C(C)=O)[C@@H]2c1cc(Cl)cc(Cl)c1. The van der Waals surface area contributed by atoms with Gasteiger partial charge in [0.2, 0.25) is 5.91 Å². The van der Waals surface area contributed by atoms with Crippen LogP contribution in [0.5, 0.6) is 11.5 Å². The average Bonchev–Trinajstić information content (AvgIpc) is 2.55. The summed E-state index contributed by atoms with van der Waals surface area (Å²) in [5.74, 6) is 0.557. The average molecular weight is 380 g/mol. The van der Waals surface area contributed by atoms with Crippen LogP contribution in [-0.4, -0.2) is 29.1 Å². The molecule has 0 saturated carbocycles. The number of benzene rings is 2. The lowest BCUT2D eigenvalue weighted by Crippen LogP contribution is -2.39. The summed E-state index contributed by atoms with van der Waals surface area (Å²) in [6, 6.07) is 8.55. The minimum Gasteiger partial charge on any atom is -0.504 e. The van der Waals surface area contributed by atoms with E-state index in [1.54, 1.807) is 36.1 Å². The molecule has 1 amide bonds. The van der Waals surface area contributed by atoms with Gasteiger partial charge in [-0.1, -0.05) is 29.3 Å². The highest BCUT2D eigenvalue weighted by molar-refractivity contribution is 6.34. The molecule has 25 heavy (non-hydrogen) atoms. The molecule has 0 radical (unpaired) electrons. The number of phenolic OH excluding ortho intramolecular Hbond substituents is 1. The van der Waals surface area contributed by atoms with Gasteiger partial charge in [0.1, 0.15) is 0 Å². The molecule has 3 rings (SSSR count). The number of ether oxygens (including phenoxy) is 1. The Morgan fingerprint density at radius 3 is 2.56 bits per heavy atom. The number of carbonyl (C=O) groups excluding carboxylic acids is 1. The van der Waals surface area contributed by atoms with Crippen LogP contribution >= 0.6 is 23.2 Å². The highest BCUT2D eigenvalue weighted by Gasteiger charge is 2.33. The van der Waals surface area contributed by atoms with Gasteiger partial charge in [-0.3, -0.25) is 4.79 Å². The molecule has 4 nitrogen and oxygen atoms in total. The Morgan fingerprint density at radius 2 is 1.96 bits per heavy atom. The first-order chi connectivity index (χ1) is 11.9. The summed E-state index contributed by atoms with van der Waals surface area (Å²) in [5, 5.41) is 11.6. The number of nitrogens with zero attached hydrogens (tertiary/aromatic N) is 1. The maximum Gasteiger partial charge on any atom is 0.220 e. The minimum atomic E-state index is -0.348. The molecule has 0 bridgehead atoms. The first-order valence-electron chi connectivity index (χ1n) is 8.13. The molecule has 1 N–H and O–H groups in total. The summed E-state index contributed by atoms with van der Waals surface area (Å²) >= 11 is 12.3. The van der Waals surface area contributed by atoms with Crippen molar-refractivity contribution >= 4 is 29.1 Å². The molecule has 1 atom stereocenters. The maximum atomic E-state index is 12.2. The summed E-state index contributed by atoms with van der Waals surface area (Å²) in [5.41, 5.74) is 2.47. The predicted molar refractivity (Wildman–Crippen MR) is 98.7 cm³/mol. The zero-order valence-electron chi connectivity index (χ0n) is 14.1. The smallest absolute Gasteiger partial charge is 0.220 e. The second-order valence-electron chi connectivity index (χ2n) is 5.98. The molecular weight excluding hydrogens is 361 g/mol. The number of fused-ring (bicyclic) bond motifs is 1. The van der Waals surface area contributed by atoms with Crippen LogP contribution in [0.1, 0.15) is 36.6 Å². The summed E-state index contributed by atoms with van der Waals surface area (Å²) in [6.45, 7) is 4.38. The quantitative estimate of drug-likeness (QED) is 0.847. The van der Waals surface area contributed by atoms with E-state index in [0.717, 1.165) is 16.7 Å². The lowest BCUT2D eigenvalue weighted by Gasteiger charge is -2.37. The van der Waals surface area contributed by atoms with Crippen LogP contribution < -0.4 is 4.74 Å². The number of halogens is 2. The van der Waals surface area contributed by atoms with Crippen LogP contribution in [0.25, 0.3) is 0 Å². The number of aromatic hydroxyl groups is 1. The van der Waals surface area contributed by atoms with E-state index in [4.69, 9.17) is 27.9 Å². The first-order valence-corrected chi connectivity index (χ1v) is 8.88. The molecule has 1 aliphatic heterocycles. The molecule has 0 aromatic heterocycles. The Balaban J connectivity index is 2.17. The van der Waals surface area contributed by atoms with Gasteiger partial charge in [-0.2, -0.15) is 0 Å². The van der Waals surface area contributed by atoms with Gasteiger partial charge in [-0.15, -0.1) is 0 Å². The van der Waals surface area contributed by atoms with Gasteiger partial charge >= 0.3 is 0 Å². The van der Waals surface area contributed by atoms with Crippen molar-refractivity contribution in [3.8, 4) is 11.5 Å². The van der Waals surface area contributed by atoms with E-state index < -0.39 is 0 Å². The number of amides is 1. The van der Waals surface area contributed by atoms with Gasteiger partial charge in [-0.05, 0) is 48.7 Å². The topological polar surface area (TPSA) is 49.8 Å². The standard InChI is InChI=1S/C19H19Cl2NO3/c1-3-25-17-5-4-15-16(19(17)24)6-7-22(11(2)23)18(15)12-8-13(20)10-14(21)9-12/h4-5,8-10,18,24H,3,6-7H2,1-2H3/t18-/m1/s1. The van der Waals surface area contributed by atoms with E-state index in [0.29, 0.717) is 35.4 Å². The molecule has 0 aliphatic carbocycles. The van der Waals surface area contributed by atoms with Crippen molar-refractivity contribution in [2.45, 2.75) is 26.3 Å². The third kappa shape index (κ3) is 3.42. The molecule has 0 saturated heterocycles. The summed E-state index contributed by atoms with van der Waals surface area (Å²) in [6.07, 6.45) is 0.562. The molecule has 132 valence electrons. The fraction of sp³-hybridized carbons (Fsp3) is 0.316. The number of phenols is 1. The maximum absolute atomic E-state index is 12.2. The Bertz CT molecular complexity index is 802. The van der Waals surface area contributed by atoms with Crippen molar-refractivity contribution in [2.24, 2.45) is 0 Å². The van der Waals surface area contributed by atoms with Gasteiger partial charge in [0.15, 0.2) is 11.5 Å². The molecule has 0 spiro atoms. The molecule has 1 aliphatic rings. The highest BCUT2D eigenvalue weighted by atomic mass is 35.5. The van der Waals surface area contributed by atoms with Crippen molar-refractivity contribution in [2.75, 3.05) is 13.2 Å². The molecule has 0 unspecified atom stereocenters. The van der Waals surface area contributed by atoms with Crippen LogP contribution in [0.15, 0.2) is 30.3 Å². The lowest BCUT2D eigenvalue weighted by atomic mass is 9.87. The van der Waals surface area contributed by atoms with Gasteiger partial charge in [0.05, 0.1) is 12.6 Å². The molecule has 2 aromatic rings. The second-order valence-corrected chi connectivity index (χ2v) is 6.85. The van der Waals surface area contributed by atoms with E-state index in [-0.39, 0.29) is 17.7 Å². The first kappa shape index (κ1) is 17.9. The van der Waals surface area contributed by atoms with E-state index in [1.807, 2.05) is 13.0 Å². The Morgan fingerprint density at radius 1 is 1.28 bits per heavy atom. The third-order valence-corrected chi connectivity index (χ3v) is 4.83. The third-order valence-electron chi connectivity index (χ3n) is 4.40. The van der Waals surface area contributed by atoms with Crippen molar-refractivity contribution in [3.63, 3.8) is 0 Å². The zero-order valence-corrected chi connectivity index (χ0v) is 15.6. The molecule has 2 aromatic carbocycles. The minimum absolute atomic E-state index is 0.0416. The van der Waals surface area contributed by atoms with E-state index in [9.17, 15) is 9.90 Å². The van der Waals surface area contributed by atoms with Crippen LogP contribution in [-0.2, 0) is 11.2 Å². The number of rotatable bonds is 3. The molecule has 6 heteroatoms. The van der Waals surface area contributed by atoms with E-state index in [2.05, 4.69) is 0 Å². The lowest BCUT2D eigenvalue weighted by molar-refractivity contribution is -0.130. The van der Waals surface area contributed by atoms with Gasteiger partial charge in [0, 0.05) is 29.1 Å². The molecule has 0 fully saturated rings. The largest absolute Gasteiger partial charge is 0.504 e. The fourth-order valence-electron chi connectivity index (χ4n) is 3.38. The van der Waals surface area contributed by atoms with Crippen molar-refractivity contribution < 1.29 is 14.6 Å².